The second-order valence-corrected chi connectivity index (χ2v) is 5.40. The predicted octanol–water partition coefficient (Wildman–Crippen LogP) is 3.25. The van der Waals surface area contributed by atoms with Crippen LogP contribution >= 0.6 is 0 Å². The molecule has 132 valence electrons. The minimum atomic E-state index is -0.502. The number of carbonyl (C=O) groups excluding carboxylic acids is 1. The van der Waals surface area contributed by atoms with Crippen LogP contribution < -0.4 is 10.1 Å². The van der Waals surface area contributed by atoms with E-state index in [-0.39, 0.29) is 36.2 Å². The summed E-state index contributed by atoms with van der Waals surface area (Å²) < 4.78 is 18.2. The summed E-state index contributed by atoms with van der Waals surface area (Å²) in [6.07, 6.45) is 1.34. The van der Waals surface area contributed by atoms with E-state index < -0.39 is 4.92 Å². The first-order valence-electron chi connectivity index (χ1n) is 7.93. The lowest BCUT2D eigenvalue weighted by molar-refractivity contribution is -0.385. The number of hydrogen-bond acceptors (Lipinski definition) is 4. The van der Waals surface area contributed by atoms with Crippen molar-refractivity contribution in [1.29, 1.82) is 0 Å². The summed E-state index contributed by atoms with van der Waals surface area (Å²) in [6.45, 7) is 0.686. The number of ether oxygens (including phenoxy) is 1. The fourth-order valence-corrected chi connectivity index (χ4v) is 2.23. The van der Waals surface area contributed by atoms with Gasteiger partial charge < -0.3 is 10.1 Å². The molecule has 0 aliphatic heterocycles. The van der Waals surface area contributed by atoms with Gasteiger partial charge in [0.15, 0.2) is 5.75 Å². The number of rotatable bonds is 9. The molecule has 0 radical (unpaired) electrons. The Hall–Kier alpha value is -2.96. The second-order valence-electron chi connectivity index (χ2n) is 5.40. The minimum Gasteiger partial charge on any atom is -0.487 e. The van der Waals surface area contributed by atoms with Gasteiger partial charge in [-0.1, -0.05) is 24.3 Å². The van der Waals surface area contributed by atoms with Crippen molar-refractivity contribution in [1.82, 2.24) is 5.32 Å². The van der Waals surface area contributed by atoms with Crippen LogP contribution in [-0.2, 0) is 11.2 Å². The molecule has 0 saturated heterocycles. The van der Waals surface area contributed by atoms with Crippen LogP contribution in [0.4, 0.5) is 10.1 Å². The number of halogens is 1. The molecule has 1 amide bonds. The first kappa shape index (κ1) is 18.4. The number of nitrogens with zero attached hydrogens (tertiary/aromatic N) is 1. The molecule has 0 atom stereocenters. The van der Waals surface area contributed by atoms with Crippen LogP contribution in [0.25, 0.3) is 0 Å². The number of benzene rings is 2. The van der Waals surface area contributed by atoms with E-state index in [1.54, 1.807) is 24.3 Å². The van der Waals surface area contributed by atoms with Gasteiger partial charge in [-0.15, -0.1) is 0 Å². The van der Waals surface area contributed by atoms with E-state index in [9.17, 15) is 19.3 Å². The Labute approximate surface area is 144 Å². The van der Waals surface area contributed by atoms with Crippen molar-refractivity contribution in [3.63, 3.8) is 0 Å². The van der Waals surface area contributed by atoms with Crippen molar-refractivity contribution in [2.45, 2.75) is 19.3 Å². The Bertz CT molecular complexity index is 719. The Kier molecular flexibility index (Phi) is 6.88. The van der Waals surface area contributed by atoms with Crippen LogP contribution in [-0.4, -0.2) is 24.0 Å². The fraction of sp³-hybridized carbons (Fsp3) is 0.278. The van der Waals surface area contributed by atoms with Crippen LogP contribution in [0.3, 0.4) is 0 Å². The molecule has 2 rings (SSSR count). The van der Waals surface area contributed by atoms with Gasteiger partial charge in [0.2, 0.25) is 5.91 Å². The molecule has 0 aliphatic carbocycles. The minimum absolute atomic E-state index is 0.0914. The standard InChI is InChI=1S/C18H19FN2O4/c19-15-9-7-14(8-10-15)11-12-20-18(22)6-3-13-25-17-5-2-1-4-16(17)21(23)24/h1-2,4-5,7-10H,3,6,11-13H2,(H,20,22). The third kappa shape index (κ3) is 6.21. The van der Waals surface area contributed by atoms with E-state index in [4.69, 9.17) is 4.74 Å². The van der Waals surface area contributed by atoms with E-state index in [0.717, 1.165) is 5.56 Å². The maximum absolute atomic E-state index is 12.8. The third-order valence-corrected chi connectivity index (χ3v) is 3.52. The van der Waals surface area contributed by atoms with Crippen molar-refractivity contribution in [3.8, 4) is 5.75 Å². The summed E-state index contributed by atoms with van der Waals surface area (Å²) in [6, 6.07) is 12.3. The van der Waals surface area contributed by atoms with Crippen molar-refractivity contribution in [2.24, 2.45) is 0 Å². The maximum Gasteiger partial charge on any atom is 0.310 e. The maximum atomic E-state index is 12.8. The summed E-state index contributed by atoms with van der Waals surface area (Å²) in [4.78, 5) is 22.1. The van der Waals surface area contributed by atoms with Gasteiger partial charge in [-0.3, -0.25) is 14.9 Å². The zero-order chi connectivity index (χ0) is 18.1. The van der Waals surface area contributed by atoms with Crippen LogP contribution in [0.2, 0.25) is 0 Å². The Balaban J connectivity index is 1.64. The summed E-state index contributed by atoms with van der Waals surface area (Å²) >= 11 is 0. The first-order chi connectivity index (χ1) is 12.1. The van der Waals surface area contributed by atoms with E-state index in [1.807, 2.05) is 0 Å². The molecule has 1 N–H and O–H groups in total. The van der Waals surface area contributed by atoms with Crippen LogP contribution in [0.1, 0.15) is 18.4 Å². The smallest absolute Gasteiger partial charge is 0.310 e. The number of hydrogen-bond donors (Lipinski definition) is 1. The van der Waals surface area contributed by atoms with Gasteiger partial charge in [-0.2, -0.15) is 0 Å². The van der Waals surface area contributed by atoms with Gasteiger partial charge in [0.05, 0.1) is 11.5 Å². The highest BCUT2D eigenvalue weighted by Gasteiger charge is 2.13. The molecule has 2 aromatic carbocycles. The van der Waals surface area contributed by atoms with E-state index in [0.29, 0.717) is 19.4 Å². The molecule has 0 spiro atoms. The van der Waals surface area contributed by atoms with Crippen molar-refractivity contribution in [3.05, 3.63) is 70.0 Å². The zero-order valence-corrected chi connectivity index (χ0v) is 13.6. The summed E-state index contributed by atoms with van der Waals surface area (Å²) in [5.74, 6) is -0.205. The van der Waals surface area contributed by atoms with E-state index >= 15 is 0 Å². The average Bonchev–Trinajstić information content (AvgIpc) is 2.60. The normalized spacial score (nSPS) is 10.3. The molecule has 2 aromatic rings. The number of nitrogens with one attached hydrogen (secondary N) is 1. The Morgan fingerprint density at radius 1 is 1.16 bits per heavy atom. The van der Waals surface area contributed by atoms with Gasteiger partial charge >= 0.3 is 5.69 Å². The Morgan fingerprint density at radius 3 is 2.60 bits per heavy atom. The van der Waals surface area contributed by atoms with E-state index in [1.165, 1.54) is 24.3 Å². The lowest BCUT2D eigenvalue weighted by Crippen LogP contribution is -2.25. The van der Waals surface area contributed by atoms with Crippen LogP contribution in [0.15, 0.2) is 48.5 Å². The lowest BCUT2D eigenvalue weighted by Gasteiger charge is -2.07. The summed E-state index contributed by atoms with van der Waals surface area (Å²) in [5.41, 5.74) is 0.854. The molecular formula is C18H19FN2O4. The SMILES string of the molecule is O=C(CCCOc1ccccc1[N+](=O)[O-])NCCc1ccc(F)cc1. The number of nitro groups is 1. The fourth-order valence-electron chi connectivity index (χ4n) is 2.23. The van der Waals surface area contributed by atoms with Gasteiger partial charge in [-0.25, -0.2) is 4.39 Å². The van der Waals surface area contributed by atoms with Gasteiger partial charge in [-0.05, 0) is 36.6 Å². The zero-order valence-electron chi connectivity index (χ0n) is 13.6. The van der Waals surface area contributed by atoms with Gasteiger partial charge in [0, 0.05) is 19.0 Å². The molecule has 6 nitrogen and oxygen atoms in total. The topological polar surface area (TPSA) is 81.5 Å². The van der Waals surface area contributed by atoms with Crippen molar-refractivity contribution in [2.75, 3.05) is 13.2 Å². The average molecular weight is 346 g/mol. The van der Waals surface area contributed by atoms with Crippen LogP contribution in [0.5, 0.6) is 5.75 Å². The quantitative estimate of drug-likeness (QED) is 0.429. The van der Waals surface area contributed by atoms with Gasteiger partial charge in [0.25, 0.3) is 0 Å². The lowest BCUT2D eigenvalue weighted by atomic mass is 10.1. The molecule has 0 fully saturated rings. The van der Waals surface area contributed by atoms with Crippen molar-refractivity contribution < 1.29 is 18.8 Å². The highest BCUT2D eigenvalue weighted by Crippen LogP contribution is 2.25. The molecular weight excluding hydrogens is 327 g/mol. The highest BCUT2D eigenvalue weighted by molar-refractivity contribution is 5.75. The molecule has 0 aliphatic rings. The Morgan fingerprint density at radius 2 is 1.88 bits per heavy atom. The predicted molar refractivity (Wildman–Crippen MR) is 90.9 cm³/mol. The largest absolute Gasteiger partial charge is 0.487 e. The summed E-state index contributed by atoms with van der Waals surface area (Å²) in [7, 11) is 0. The molecule has 0 unspecified atom stereocenters. The molecule has 7 heteroatoms. The third-order valence-electron chi connectivity index (χ3n) is 3.52. The van der Waals surface area contributed by atoms with Crippen molar-refractivity contribution >= 4 is 11.6 Å². The molecule has 0 aromatic heterocycles. The molecule has 0 saturated carbocycles. The first-order valence-corrected chi connectivity index (χ1v) is 7.93. The molecule has 0 bridgehead atoms. The molecule has 0 heterocycles. The monoisotopic (exact) mass is 346 g/mol. The van der Waals surface area contributed by atoms with E-state index in [2.05, 4.69) is 5.32 Å². The highest BCUT2D eigenvalue weighted by atomic mass is 19.1. The number of amides is 1. The second kappa shape index (κ2) is 9.36. The number of para-hydroxylation sites is 2. The number of carbonyl (C=O) groups is 1. The van der Waals surface area contributed by atoms with Crippen LogP contribution in [0, 0.1) is 15.9 Å². The number of nitro benzene ring substituents is 1. The molecule has 25 heavy (non-hydrogen) atoms. The van der Waals surface area contributed by atoms with Gasteiger partial charge in [0.1, 0.15) is 5.82 Å². The summed E-state index contributed by atoms with van der Waals surface area (Å²) in [5, 5.41) is 13.6.